The number of rotatable bonds is 5. The molecule has 5 heteroatoms. The molecule has 29 heavy (non-hydrogen) atoms. The Morgan fingerprint density at radius 3 is 2.45 bits per heavy atom. The van der Waals surface area contributed by atoms with Gasteiger partial charge in [-0.05, 0) is 47.6 Å². The van der Waals surface area contributed by atoms with Crippen molar-refractivity contribution in [1.29, 1.82) is 0 Å². The molecule has 0 amide bonds. The topological polar surface area (TPSA) is 47.3 Å². The average molecular weight is 404 g/mol. The van der Waals surface area contributed by atoms with Crippen LogP contribution in [0.15, 0.2) is 53.3 Å². The predicted octanol–water partition coefficient (Wildman–Crippen LogP) is 4.36. The number of fused-ring (bicyclic) bond motifs is 1. The van der Waals surface area contributed by atoms with Crippen LogP contribution in [-0.4, -0.2) is 14.6 Å². The molecule has 0 spiro atoms. The zero-order valence-corrected chi connectivity index (χ0v) is 18.0. The molecule has 1 atom stereocenters. The van der Waals surface area contributed by atoms with Crippen LogP contribution >= 0.6 is 11.3 Å². The molecule has 0 aliphatic carbocycles. The van der Waals surface area contributed by atoms with Crippen molar-refractivity contribution in [1.82, 2.24) is 14.6 Å². The van der Waals surface area contributed by atoms with Gasteiger partial charge < -0.3 is 0 Å². The normalized spacial score (nSPS) is 13.5. The molecule has 0 radical (unpaired) electrons. The van der Waals surface area contributed by atoms with Gasteiger partial charge in [-0.15, -0.1) is 5.10 Å². The quantitative estimate of drug-likeness (QED) is 0.497. The molecule has 2 aromatic heterocycles. The van der Waals surface area contributed by atoms with Crippen LogP contribution < -0.4 is 10.1 Å². The number of benzene rings is 2. The molecule has 148 valence electrons. The zero-order chi connectivity index (χ0) is 20.5. The molecule has 2 heterocycles. The fourth-order valence-electron chi connectivity index (χ4n) is 3.49. The Balaban J connectivity index is 1.65. The van der Waals surface area contributed by atoms with Gasteiger partial charge in [0.15, 0.2) is 5.82 Å². The van der Waals surface area contributed by atoms with E-state index in [4.69, 9.17) is 0 Å². The van der Waals surface area contributed by atoms with Gasteiger partial charge in [-0.3, -0.25) is 4.79 Å². The van der Waals surface area contributed by atoms with Crippen LogP contribution in [0, 0.1) is 12.8 Å². The third-order valence-corrected chi connectivity index (χ3v) is 6.14. The summed E-state index contributed by atoms with van der Waals surface area (Å²) in [5, 5.41) is 4.53. The highest BCUT2D eigenvalue weighted by molar-refractivity contribution is 7.15. The summed E-state index contributed by atoms with van der Waals surface area (Å²) >= 11 is 1.39. The molecule has 4 nitrogen and oxygen atoms in total. The molecule has 0 aliphatic heterocycles. The molecule has 1 unspecified atom stereocenters. The second-order valence-electron chi connectivity index (χ2n) is 8.00. The summed E-state index contributed by atoms with van der Waals surface area (Å²) in [6.07, 6.45) is 3.00. The van der Waals surface area contributed by atoms with Crippen LogP contribution in [0.5, 0.6) is 0 Å². The van der Waals surface area contributed by atoms with E-state index >= 15 is 0 Å². The highest BCUT2D eigenvalue weighted by atomic mass is 32.1. The van der Waals surface area contributed by atoms with Crippen molar-refractivity contribution in [2.24, 2.45) is 5.92 Å². The Kier molecular flexibility index (Phi) is 5.33. The minimum Gasteiger partial charge on any atom is -0.266 e. The molecular formula is C24H25N3OS. The monoisotopic (exact) mass is 403 g/mol. The van der Waals surface area contributed by atoms with Gasteiger partial charge in [0.05, 0.1) is 4.53 Å². The van der Waals surface area contributed by atoms with Crippen molar-refractivity contribution in [3.05, 3.63) is 91.5 Å². The van der Waals surface area contributed by atoms with E-state index < -0.39 is 0 Å². The predicted molar refractivity (Wildman–Crippen MR) is 120 cm³/mol. The Labute approximate surface area is 174 Å². The largest absolute Gasteiger partial charge is 0.291 e. The van der Waals surface area contributed by atoms with Gasteiger partial charge in [-0.2, -0.15) is 4.52 Å². The Hall–Kier alpha value is -2.79. The van der Waals surface area contributed by atoms with Gasteiger partial charge in [0.1, 0.15) is 0 Å². The maximum atomic E-state index is 12.8. The van der Waals surface area contributed by atoms with Gasteiger partial charge in [-0.25, -0.2) is 4.98 Å². The van der Waals surface area contributed by atoms with Gasteiger partial charge in [-0.1, -0.05) is 80.6 Å². The second kappa shape index (κ2) is 7.91. The van der Waals surface area contributed by atoms with Gasteiger partial charge in [0.25, 0.3) is 5.56 Å². The molecule has 4 aromatic rings. The lowest BCUT2D eigenvalue weighted by atomic mass is 9.96. The number of aromatic nitrogens is 3. The van der Waals surface area contributed by atoms with E-state index in [9.17, 15) is 4.79 Å². The van der Waals surface area contributed by atoms with Crippen LogP contribution in [0.4, 0.5) is 0 Å². The van der Waals surface area contributed by atoms with E-state index in [2.05, 4.69) is 55.1 Å². The van der Waals surface area contributed by atoms with Gasteiger partial charge >= 0.3 is 0 Å². The number of hydrogen-bond donors (Lipinski definition) is 0. The minimum absolute atomic E-state index is 0.0402. The van der Waals surface area contributed by atoms with Gasteiger partial charge in [0.2, 0.25) is 4.96 Å². The molecule has 0 N–H and O–H groups in total. The van der Waals surface area contributed by atoms with Crippen molar-refractivity contribution >= 4 is 22.4 Å². The number of nitrogens with zero attached hydrogens (tertiary/aromatic N) is 3. The van der Waals surface area contributed by atoms with E-state index in [-0.39, 0.29) is 11.5 Å². The highest BCUT2D eigenvalue weighted by Crippen LogP contribution is 2.23. The standard InChI is InChI=1S/C24H25N3OS/c1-15(2)13-18-9-11-19(12-10-18)17(4)22-25-24-27(26-22)23(28)21(29-24)14-20-8-6-5-7-16(20)3/h5-12,14-15,17H,13H2,1-4H3/b21-14-. The summed E-state index contributed by atoms with van der Waals surface area (Å²) in [7, 11) is 0. The van der Waals surface area contributed by atoms with E-state index in [1.54, 1.807) is 0 Å². The Bertz CT molecular complexity index is 1250. The first-order chi connectivity index (χ1) is 13.9. The third-order valence-electron chi connectivity index (χ3n) is 5.18. The Morgan fingerprint density at radius 2 is 1.79 bits per heavy atom. The van der Waals surface area contributed by atoms with Crippen molar-refractivity contribution in [2.75, 3.05) is 0 Å². The average Bonchev–Trinajstić information content (AvgIpc) is 3.23. The van der Waals surface area contributed by atoms with E-state index in [1.165, 1.54) is 21.4 Å². The number of thiazole rings is 1. The van der Waals surface area contributed by atoms with E-state index in [0.717, 1.165) is 23.1 Å². The maximum absolute atomic E-state index is 12.8. The summed E-state index contributed by atoms with van der Waals surface area (Å²) in [4.78, 5) is 18.1. The first-order valence-electron chi connectivity index (χ1n) is 9.98. The van der Waals surface area contributed by atoms with Crippen LogP contribution in [0.3, 0.4) is 0 Å². The number of hydrogen-bond acceptors (Lipinski definition) is 4. The summed E-state index contributed by atoms with van der Waals surface area (Å²) in [5.41, 5.74) is 4.58. The molecule has 0 bridgehead atoms. The molecule has 0 aliphatic rings. The second-order valence-corrected chi connectivity index (χ2v) is 9.01. The fourth-order valence-corrected chi connectivity index (χ4v) is 4.39. The Morgan fingerprint density at radius 1 is 1.07 bits per heavy atom. The van der Waals surface area contributed by atoms with Crippen LogP contribution in [0.2, 0.25) is 0 Å². The van der Waals surface area contributed by atoms with Gasteiger partial charge in [0, 0.05) is 5.92 Å². The lowest BCUT2D eigenvalue weighted by Gasteiger charge is -2.10. The summed E-state index contributed by atoms with van der Waals surface area (Å²) in [6, 6.07) is 16.7. The van der Waals surface area contributed by atoms with Crippen molar-refractivity contribution in [3.8, 4) is 0 Å². The fraction of sp³-hybridized carbons (Fsp3) is 0.292. The molecule has 2 aromatic carbocycles. The molecule has 0 saturated carbocycles. The van der Waals surface area contributed by atoms with E-state index in [1.807, 2.05) is 37.3 Å². The smallest absolute Gasteiger partial charge is 0.266 e. The molecular weight excluding hydrogens is 378 g/mol. The maximum Gasteiger partial charge on any atom is 0.291 e. The summed E-state index contributed by atoms with van der Waals surface area (Å²) in [5.74, 6) is 1.37. The lowest BCUT2D eigenvalue weighted by Crippen LogP contribution is -2.24. The van der Waals surface area contributed by atoms with E-state index in [0.29, 0.717) is 21.2 Å². The van der Waals surface area contributed by atoms with Crippen LogP contribution in [-0.2, 0) is 6.42 Å². The molecule has 0 saturated heterocycles. The van der Waals surface area contributed by atoms with Crippen molar-refractivity contribution in [3.63, 3.8) is 0 Å². The first-order valence-corrected chi connectivity index (χ1v) is 10.8. The van der Waals surface area contributed by atoms with Crippen molar-refractivity contribution in [2.45, 2.75) is 40.0 Å². The zero-order valence-electron chi connectivity index (χ0n) is 17.2. The SMILES string of the molecule is Cc1ccccc1/C=c1\sc2nc(C(C)c3ccc(CC(C)C)cc3)nn2c1=O. The lowest BCUT2D eigenvalue weighted by molar-refractivity contribution is 0.647. The highest BCUT2D eigenvalue weighted by Gasteiger charge is 2.17. The van der Waals surface area contributed by atoms with Crippen LogP contribution in [0.1, 0.15) is 54.8 Å². The van der Waals surface area contributed by atoms with Crippen LogP contribution in [0.25, 0.3) is 11.0 Å². The molecule has 0 fully saturated rings. The van der Waals surface area contributed by atoms with Crippen molar-refractivity contribution < 1.29 is 0 Å². The molecule has 4 rings (SSSR count). The summed E-state index contributed by atoms with van der Waals surface area (Å²) < 4.78 is 2.10. The summed E-state index contributed by atoms with van der Waals surface area (Å²) in [6.45, 7) is 8.58. The minimum atomic E-state index is -0.105. The third kappa shape index (κ3) is 4.01. The number of aryl methyl sites for hydroxylation is 1. The first kappa shape index (κ1) is 19.5.